The normalized spacial score (nSPS) is 16.9. The molecule has 3 heterocycles. The molecule has 0 unspecified atom stereocenters. The number of nitrogens with zero attached hydrogens (tertiary/aromatic N) is 2. The number of hydrogen-bond acceptors (Lipinski definition) is 5. The third-order valence-electron chi connectivity index (χ3n) is 5.00. The van der Waals surface area contributed by atoms with Crippen LogP contribution in [-0.4, -0.2) is 22.4 Å². The summed E-state index contributed by atoms with van der Waals surface area (Å²) in [6, 6.07) is 16.9. The summed E-state index contributed by atoms with van der Waals surface area (Å²) in [5.74, 6) is 1.44. The van der Waals surface area contributed by atoms with E-state index in [9.17, 15) is 4.79 Å². The molecule has 144 valence electrons. The molecule has 0 spiro atoms. The Labute approximate surface area is 173 Å². The number of pyridine rings is 1. The minimum atomic E-state index is -0.142. The van der Waals surface area contributed by atoms with Gasteiger partial charge in [-0.3, -0.25) is 14.7 Å². The third kappa shape index (κ3) is 3.39. The van der Waals surface area contributed by atoms with Gasteiger partial charge in [0, 0.05) is 30.4 Å². The fourth-order valence-corrected chi connectivity index (χ4v) is 3.76. The summed E-state index contributed by atoms with van der Waals surface area (Å²) >= 11 is 6.30. The van der Waals surface area contributed by atoms with Crippen LogP contribution in [0.3, 0.4) is 0 Å². The Morgan fingerprint density at radius 1 is 1.10 bits per heavy atom. The van der Waals surface area contributed by atoms with E-state index >= 15 is 0 Å². The maximum atomic E-state index is 12.8. The van der Waals surface area contributed by atoms with Crippen molar-refractivity contribution in [2.24, 2.45) is 0 Å². The minimum Gasteiger partial charge on any atom is -0.478 e. The minimum absolute atomic E-state index is 0.142. The molecule has 0 atom stereocenters. The van der Waals surface area contributed by atoms with Crippen LogP contribution in [0, 0.1) is 0 Å². The van der Waals surface area contributed by atoms with E-state index < -0.39 is 0 Å². The lowest BCUT2D eigenvalue weighted by molar-refractivity contribution is 0.0873. The van der Waals surface area contributed by atoms with Gasteiger partial charge >= 0.3 is 0 Å². The van der Waals surface area contributed by atoms with Gasteiger partial charge in [-0.1, -0.05) is 35.9 Å². The molecule has 0 bridgehead atoms. The molecule has 0 saturated carbocycles. The van der Waals surface area contributed by atoms with Crippen molar-refractivity contribution in [2.45, 2.75) is 13.1 Å². The zero-order valence-electron chi connectivity index (χ0n) is 15.5. The van der Waals surface area contributed by atoms with E-state index in [1.807, 2.05) is 48.5 Å². The molecule has 29 heavy (non-hydrogen) atoms. The van der Waals surface area contributed by atoms with Crippen molar-refractivity contribution in [3.8, 4) is 11.5 Å². The van der Waals surface area contributed by atoms with Crippen molar-refractivity contribution in [2.75, 3.05) is 6.73 Å². The van der Waals surface area contributed by atoms with Gasteiger partial charge in [0.2, 0.25) is 5.78 Å². The van der Waals surface area contributed by atoms with Gasteiger partial charge in [0.05, 0.1) is 16.8 Å². The number of ether oxygens (including phenoxy) is 2. The predicted octanol–water partition coefficient (Wildman–Crippen LogP) is 4.70. The van der Waals surface area contributed by atoms with Gasteiger partial charge in [-0.25, -0.2) is 0 Å². The molecular formula is C23H17ClN2O3. The average Bonchev–Trinajstić information content (AvgIpc) is 3.06. The molecule has 0 N–H and O–H groups in total. The van der Waals surface area contributed by atoms with Crippen LogP contribution in [0.4, 0.5) is 0 Å². The van der Waals surface area contributed by atoms with Crippen molar-refractivity contribution in [1.29, 1.82) is 0 Å². The van der Waals surface area contributed by atoms with Crippen LogP contribution in [-0.2, 0) is 13.1 Å². The fourth-order valence-electron chi connectivity index (χ4n) is 3.57. The van der Waals surface area contributed by atoms with Crippen molar-refractivity contribution in [3.63, 3.8) is 0 Å². The number of hydrogen-bond donors (Lipinski definition) is 0. The number of carbonyl (C=O) groups excluding carboxylic acids is 1. The van der Waals surface area contributed by atoms with E-state index in [0.29, 0.717) is 36.8 Å². The van der Waals surface area contributed by atoms with Crippen molar-refractivity contribution in [1.82, 2.24) is 9.88 Å². The number of benzene rings is 2. The first-order valence-corrected chi connectivity index (χ1v) is 9.66. The zero-order chi connectivity index (χ0) is 19.8. The maximum Gasteiger partial charge on any atom is 0.232 e. The Morgan fingerprint density at radius 3 is 2.79 bits per heavy atom. The molecule has 0 amide bonds. The van der Waals surface area contributed by atoms with Crippen molar-refractivity contribution < 1.29 is 14.3 Å². The summed E-state index contributed by atoms with van der Waals surface area (Å²) < 4.78 is 11.9. The number of carbonyl (C=O) groups is 1. The van der Waals surface area contributed by atoms with E-state index in [2.05, 4.69) is 9.88 Å². The zero-order valence-corrected chi connectivity index (χ0v) is 16.2. The number of fused-ring (bicyclic) bond motifs is 3. The maximum absolute atomic E-state index is 12.8. The Morgan fingerprint density at radius 2 is 1.97 bits per heavy atom. The van der Waals surface area contributed by atoms with Crippen LogP contribution in [0.15, 0.2) is 66.6 Å². The van der Waals surface area contributed by atoms with Crippen LogP contribution in [0.25, 0.3) is 6.08 Å². The number of allylic oxidation sites excluding steroid dienone is 1. The average molecular weight is 405 g/mol. The summed E-state index contributed by atoms with van der Waals surface area (Å²) in [6.45, 7) is 1.70. The van der Waals surface area contributed by atoms with E-state index in [4.69, 9.17) is 21.1 Å². The summed E-state index contributed by atoms with van der Waals surface area (Å²) in [6.07, 6.45) is 3.35. The second-order valence-corrected chi connectivity index (χ2v) is 7.37. The Balaban J connectivity index is 1.44. The second-order valence-electron chi connectivity index (χ2n) is 6.97. The fraction of sp³-hybridized carbons (Fsp3) is 0.130. The molecule has 0 fully saturated rings. The number of halogens is 1. The van der Waals surface area contributed by atoms with Crippen LogP contribution in [0.1, 0.15) is 27.2 Å². The van der Waals surface area contributed by atoms with Gasteiger partial charge in [0.25, 0.3) is 0 Å². The van der Waals surface area contributed by atoms with E-state index in [-0.39, 0.29) is 11.5 Å². The molecule has 2 aromatic carbocycles. The van der Waals surface area contributed by atoms with E-state index in [0.717, 1.165) is 21.9 Å². The highest BCUT2D eigenvalue weighted by atomic mass is 35.5. The topological polar surface area (TPSA) is 51.7 Å². The highest BCUT2D eigenvalue weighted by Gasteiger charge is 2.33. The Hall–Kier alpha value is -3.15. The Kier molecular flexibility index (Phi) is 4.54. The number of aromatic nitrogens is 1. The predicted molar refractivity (Wildman–Crippen MR) is 110 cm³/mol. The van der Waals surface area contributed by atoms with Gasteiger partial charge in [0.15, 0.2) is 5.76 Å². The lowest BCUT2D eigenvalue weighted by Gasteiger charge is -2.30. The molecule has 6 heteroatoms. The molecule has 2 aliphatic rings. The van der Waals surface area contributed by atoms with Gasteiger partial charge in [-0.05, 0) is 35.9 Å². The van der Waals surface area contributed by atoms with Crippen LogP contribution in [0.2, 0.25) is 5.02 Å². The molecule has 0 saturated heterocycles. The molecule has 0 aliphatic carbocycles. The molecule has 5 nitrogen and oxygen atoms in total. The first-order valence-electron chi connectivity index (χ1n) is 9.29. The lowest BCUT2D eigenvalue weighted by Crippen LogP contribution is -2.31. The first-order chi connectivity index (χ1) is 14.2. The highest BCUT2D eigenvalue weighted by Crippen LogP contribution is 2.42. The summed E-state index contributed by atoms with van der Waals surface area (Å²) in [5.41, 5.74) is 3.13. The van der Waals surface area contributed by atoms with Crippen LogP contribution < -0.4 is 9.47 Å². The molecule has 1 aromatic heterocycles. The van der Waals surface area contributed by atoms with Gasteiger partial charge in [0.1, 0.15) is 18.2 Å². The SMILES string of the molecule is O=C1/C(=C/c2ccccn2)Oc2c1ccc1c2CN(Cc2ccccc2Cl)CO1. The summed E-state index contributed by atoms with van der Waals surface area (Å²) in [7, 11) is 0. The van der Waals surface area contributed by atoms with Crippen LogP contribution >= 0.6 is 11.6 Å². The van der Waals surface area contributed by atoms with Gasteiger partial charge in [-0.15, -0.1) is 0 Å². The van der Waals surface area contributed by atoms with Gasteiger partial charge in [-0.2, -0.15) is 0 Å². The largest absolute Gasteiger partial charge is 0.478 e. The smallest absolute Gasteiger partial charge is 0.232 e. The molecular weight excluding hydrogens is 388 g/mol. The first kappa shape index (κ1) is 17.9. The van der Waals surface area contributed by atoms with E-state index in [1.54, 1.807) is 18.3 Å². The third-order valence-corrected chi connectivity index (χ3v) is 5.37. The van der Waals surface area contributed by atoms with Crippen molar-refractivity contribution >= 4 is 23.5 Å². The van der Waals surface area contributed by atoms with E-state index in [1.165, 1.54) is 0 Å². The summed E-state index contributed by atoms with van der Waals surface area (Å²) in [5, 5.41) is 0.726. The number of rotatable bonds is 3. The second kappa shape index (κ2) is 7.35. The van der Waals surface area contributed by atoms with Gasteiger partial charge < -0.3 is 9.47 Å². The molecule has 3 aromatic rings. The quantitative estimate of drug-likeness (QED) is 0.592. The molecule has 2 aliphatic heterocycles. The van der Waals surface area contributed by atoms with Crippen LogP contribution in [0.5, 0.6) is 11.5 Å². The Bertz CT molecular complexity index is 1130. The van der Waals surface area contributed by atoms with Crippen molar-refractivity contribution in [3.05, 3.63) is 94.0 Å². The monoisotopic (exact) mass is 404 g/mol. The number of ketones is 1. The summed E-state index contributed by atoms with van der Waals surface area (Å²) in [4.78, 5) is 19.2. The molecule has 0 radical (unpaired) electrons. The highest BCUT2D eigenvalue weighted by molar-refractivity contribution is 6.31. The lowest BCUT2D eigenvalue weighted by atomic mass is 10.0. The number of Topliss-reactive ketones (excluding diaryl/α,β-unsaturated/α-hetero) is 1. The molecule has 5 rings (SSSR count). The standard InChI is InChI=1S/C23H17ClN2O3/c24-19-7-2-1-5-15(19)12-26-13-18-20(28-14-26)9-8-17-22(27)21(29-23(17)18)11-16-6-3-4-10-25-16/h1-11H,12-14H2/b21-11-.